The van der Waals surface area contributed by atoms with Crippen molar-refractivity contribution in [3.8, 4) is 33.6 Å². The lowest BCUT2D eigenvalue weighted by atomic mass is 9.79. The Morgan fingerprint density at radius 2 is 1.39 bits per heavy atom. The van der Waals surface area contributed by atoms with Crippen LogP contribution in [0.3, 0.4) is 0 Å². The van der Waals surface area contributed by atoms with E-state index in [9.17, 15) is 0 Å². The molecule has 3 aromatic carbocycles. The summed E-state index contributed by atoms with van der Waals surface area (Å²) >= 11 is 0. The highest BCUT2D eigenvalue weighted by molar-refractivity contribution is 5.85. The summed E-state index contributed by atoms with van der Waals surface area (Å²) in [4.78, 5) is 4.81. The van der Waals surface area contributed by atoms with Gasteiger partial charge in [-0.1, -0.05) is 62.4 Å². The average molecular weight is 468 g/mol. The Labute approximate surface area is 213 Å². The molecule has 1 aliphatic carbocycles. The highest BCUT2D eigenvalue weighted by Gasteiger charge is 2.41. The van der Waals surface area contributed by atoms with Crippen LogP contribution >= 0.6 is 0 Å². The molecular weight excluding hydrogens is 436 g/mol. The van der Waals surface area contributed by atoms with Gasteiger partial charge in [-0.15, -0.1) is 0 Å². The molecular formula is C34H31N2+. The number of aromatic nitrogens is 2. The van der Waals surface area contributed by atoms with Gasteiger partial charge in [0.25, 0.3) is 0 Å². The molecule has 176 valence electrons. The van der Waals surface area contributed by atoms with Crippen molar-refractivity contribution in [2.45, 2.75) is 38.6 Å². The zero-order valence-electron chi connectivity index (χ0n) is 21.4. The molecule has 0 saturated heterocycles. The fraction of sp³-hybridized carbons (Fsp3) is 0.176. The quantitative estimate of drug-likeness (QED) is 0.246. The van der Waals surface area contributed by atoms with Gasteiger partial charge in [0.15, 0.2) is 11.7 Å². The maximum atomic E-state index is 4.81. The second-order valence-electron chi connectivity index (χ2n) is 10.7. The maximum absolute atomic E-state index is 4.81. The number of hydrogen-bond acceptors (Lipinski definition) is 1. The highest BCUT2D eigenvalue weighted by atomic mass is 15.0. The molecule has 2 heterocycles. The van der Waals surface area contributed by atoms with Crippen LogP contribution < -0.4 is 4.57 Å². The van der Waals surface area contributed by atoms with Gasteiger partial charge in [-0.2, -0.15) is 4.57 Å². The highest BCUT2D eigenvalue weighted by Crippen LogP contribution is 2.51. The van der Waals surface area contributed by atoms with Crippen molar-refractivity contribution in [1.82, 2.24) is 4.98 Å². The van der Waals surface area contributed by atoms with Gasteiger partial charge in [0.05, 0.1) is 5.69 Å². The zero-order chi connectivity index (χ0) is 24.9. The lowest BCUT2D eigenvalue weighted by Crippen LogP contribution is -2.54. The summed E-state index contributed by atoms with van der Waals surface area (Å²) in [5.41, 5.74) is 10.9. The third kappa shape index (κ3) is 3.40. The van der Waals surface area contributed by atoms with Crippen molar-refractivity contribution in [2.24, 2.45) is 0 Å². The first-order valence-corrected chi connectivity index (χ1v) is 12.7. The van der Waals surface area contributed by atoms with E-state index < -0.39 is 0 Å². The number of fused-ring (bicyclic) bond motifs is 3. The predicted molar refractivity (Wildman–Crippen MR) is 148 cm³/mol. The average Bonchev–Trinajstić information content (AvgIpc) is 3.15. The first-order chi connectivity index (χ1) is 17.4. The lowest BCUT2D eigenvalue weighted by Gasteiger charge is -2.27. The van der Waals surface area contributed by atoms with Gasteiger partial charge in [-0.25, -0.2) is 0 Å². The predicted octanol–water partition coefficient (Wildman–Crippen LogP) is 7.79. The minimum Gasteiger partial charge on any atom is -0.256 e. The van der Waals surface area contributed by atoms with Gasteiger partial charge in [-0.05, 0) is 64.7 Å². The van der Waals surface area contributed by atoms with Crippen LogP contribution in [0.2, 0.25) is 0 Å². The molecule has 0 bridgehead atoms. The summed E-state index contributed by atoms with van der Waals surface area (Å²) in [6.07, 6.45) is 4.10. The van der Waals surface area contributed by atoms with Crippen molar-refractivity contribution >= 4 is 0 Å². The van der Waals surface area contributed by atoms with Gasteiger partial charge in [0.2, 0.25) is 5.69 Å². The number of rotatable bonds is 4. The molecule has 2 aromatic heterocycles. The van der Waals surface area contributed by atoms with Crippen LogP contribution in [0.25, 0.3) is 33.6 Å². The molecule has 0 radical (unpaired) electrons. The molecule has 5 aromatic rings. The molecule has 1 aliphatic rings. The van der Waals surface area contributed by atoms with E-state index in [1.807, 2.05) is 12.3 Å². The molecule has 36 heavy (non-hydrogen) atoms. The number of nitrogens with zero attached hydrogens (tertiary/aromatic N) is 2. The van der Waals surface area contributed by atoms with E-state index in [4.69, 9.17) is 4.98 Å². The van der Waals surface area contributed by atoms with Gasteiger partial charge < -0.3 is 0 Å². The second-order valence-corrected chi connectivity index (χ2v) is 10.7. The van der Waals surface area contributed by atoms with Crippen LogP contribution in [0.5, 0.6) is 0 Å². The second kappa shape index (κ2) is 8.27. The summed E-state index contributed by atoms with van der Waals surface area (Å²) < 4.78 is 2.41. The Morgan fingerprint density at radius 3 is 2.17 bits per heavy atom. The SMILES string of the molecule is CC1(C)c2ccccc2-c2cc(C(C)(C)[n+]3ccccc3-c3ccccc3)c(-c3ccccn3)cc21. The van der Waals surface area contributed by atoms with Crippen LogP contribution in [-0.2, 0) is 11.0 Å². The molecule has 0 aliphatic heterocycles. The van der Waals surface area contributed by atoms with Crippen LogP contribution in [0.1, 0.15) is 44.4 Å². The topological polar surface area (TPSA) is 16.8 Å². The third-order valence-electron chi connectivity index (χ3n) is 7.85. The van der Waals surface area contributed by atoms with Crippen molar-refractivity contribution < 1.29 is 4.57 Å². The van der Waals surface area contributed by atoms with E-state index >= 15 is 0 Å². The maximum Gasteiger partial charge on any atom is 0.213 e. The van der Waals surface area contributed by atoms with Gasteiger partial charge in [0.1, 0.15) is 0 Å². The molecule has 0 amide bonds. The van der Waals surface area contributed by atoms with E-state index in [2.05, 4.69) is 136 Å². The molecule has 2 heteroatoms. The summed E-state index contributed by atoms with van der Waals surface area (Å²) in [6.45, 7) is 9.31. The van der Waals surface area contributed by atoms with E-state index in [-0.39, 0.29) is 11.0 Å². The zero-order valence-corrected chi connectivity index (χ0v) is 21.4. The molecule has 0 unspecified atom stereocenters. The molecule has 0 N–H and O–H groups in total. The molecule has 2 nitrogen and oxygen atoms in total. The van der Waals surface area contributed by atoms with Gasteiger partial charge in [-0.3, -0.25) is 4.98 Å². The Kier molecular flexibility index (Phi) is 5.15. The fourth-order valence-electron chi connectivity index (χ4n) is 5.89. The molecule has 0 fully saturated rings. The van der Waals surface area contributed by atoms with Crippen molar-refractivity contribution in [3.63, 3.8) is 0 Å². The van der Waals surface area contributed by atoms with Crippen molar-refractivity contribution in [1.29, 1.82) is 0 Å². The van der Waals surface area contributed by atoms with E-state index in [1.54, 1.807) is 0 Å². The van der Waals surface area contributed by atoms with Crippen LogP contribution in [-0.4, -0.2) is 4.98 Å². The van der Waals surface area contributed by atoms with E-state index in [0.29, 0.717) is 0 Å². The fourth-order valence-corrected chi connectivity index (χ4v) is 5.89. The Morgan fingerprint density at radius 1 is 0.667 bits per heavy atom. The van der Waals surface area contributed by atoms with Crippen molar-refractivity contribution in [2.75, 3.05) is 0 Å². The Hall–Kier alpha value is -4.04. The monoisotopic (exact) mass is 467 g/mol. The van der Waals surface area contributed by atoms with Gasteiger partial charge in [0, 0.05) is 54.3 Å². The summed E-state index contributed by atoms with van der Waals surface area (Å²) in [6, 6.07) is 37.0. The number of hydrogen-bond donors (Lipinski definition) is 0. The third-order valence-corrected chi connectivity index (χ3v) is 7.85. The van der Waals surface area contributed by atoms with Crippen LogP contribution in [0, 0.1) is 0 Å². The molecule has 0 saturated carbocycles. The number of benzene rings is 3. The van der Waals surface area contributed by atoms with Crippen LogP contribution in [0.4, 0.5) is 0 Å². The normalized spacial score (nSPS) is 13.8. The summed E-state index contributed by atoms with van der Waals surface area (Å²) in [5.74, 6) is 0. The number of pyridine rings is 2. The first-order valence-electron chi connectivity index (χ1n) is 12.7. The lowest BCUT2D eigenvalue weighted by molar-refractivity contribution is -0.737. The summed E-state index contributed by atoms with van der Waals surface area (Å²) in [5, 5.41) is 0. The minimum absolute atomic E-state index is 0.0623. The standard InChI is InChI=1S/C34H31N2/c1-33(2)28-17-9-8-16-25(28)26-22-30(27(23-29(26)33)31-18-10-12-20-35-31)34(3,4)36-21-13-11-19-32(36)24-14-6-5-7-15-24/h5-23H,1-4H3/q+1. The Balaban J connectivity index is 1.65. The Bertz CT molecular complexity index is 1560. The molecule has 0 atom stereocenters. The largest absolute Gasteiger partial charge is 0.256 e. The van der Waals surface area contributed by atoms with E-state index in [1.165, 1.54) is 44.6 Å². The van der Waals surface area contributed by atoms with E-state index in [0.717, 1.165) is 5.69 Å². The smallest absolute Gasteiger partial charge is 0.213 e. The first kappa shape index (κ1) is 22.4. The van der Waals surface area contributed by atoms with Gasteiger partial charge >= 0.3 is 0 Å². The van der Waals surface area contributed by atoms with Crippen molar-refractivity contribution in [3.05, 3.63) is 132 Å². The molecule has 6 rings (SSSR count). The van der Waals surface area contributed by atoms with Crippen LogP contribution in [0.15, 0.2) is 116 Å². The molecule has 0 spiro atoms. The minimum atomic E-state index is -0.337. The summed E-state index contributed by atoms with van der Waals surface area (Å²) in [7, 11) is 0.